The summed E-state index contributed by atoms with van der Waals surface area (Å²) in [7, 11) is 0. The summed E-state index contributed by atoms with van der Waals surface area (Å²) in [5.74, 6) is 0.0967. The van der Waals surface area contributed by atoms with Crippen LogP contribution in [0.25, 0.3) is 0 Å². The third kappa shape index (κ3) is 0.982. The molecule has 60 valence electrons. The van der Waals surface area contributed by atoms with Crippen LogP contribution in [0.5, 0.6) is 5.88 Å². The van der Waals surface area contributed by atoms with Crippen LogP contribution in [0.4, 0.5) is 0 Å². The molecule has 1 aromatic rings. The number of hydrogen-bond acceptors (Lipinski definition) is 3. The van der Waals surface area contributed by atoms with E-state index in [2.05, 4.69) is 10.3 Å². The SMILES string of the molecule is CCc1c(O)nnn1C1CC1. The van der Waals surface area contributed by atoms with Crippen molar-refractivity contribution in [3.8, 4) is 5.88 Å². The maximum absolute atomic E-state index is 9.21. The molecule has 0 spiro atoms. The van der Waals surface area contributed by atoms with E-state index in [0.29, 0.717) is 6.04 Å². The average molecular weight is 153 g/mol. The third-order valence-corrected chi connectivity index (χ3v) is 2.00. The molecule has 0 radical (unpaired) electrons. The van der Waals surface area contributed by atoms with Crippen LogP contribution < -0.4 is 0 Å². The van der Waals surface area contributed by atoms with Gasteiger partial charge in [0.05, 0.1) is 6.04 Å². The van der Waals surface area contributed by atoms with Crippen molar-refractivity contribution < 1.29 is 5.11 Å². The molecule has 0 aliphatic heterocycles. The Hall–Kier alpha value is -1.06. The Bertz CT molecular complexity index is 265. The lowest BCUT2D eigenvalue weighted by molar-refractivity contribution is 0.446. The Morgan fingerprint density at radius 1 is 1.64 bits per heavy atom. The highest BCUT2D eigenvalue weighted by atomic mass is 16.3. The molecular formula is C7H11N3O. The number of aromatic hydroxyl groups is 1. The summed E-state index contributed by atoms with van der Waals surface area (Å²) in [5, 5.41) is 16.7. The molecule has 0 atom stereocenters. The maximum Gasteiger partial charge on any atom is 0.254 e. The van der Waals surface area contributed by atoms with E-state index in [1.54, 1.807) is 0 Å². The van der Waals surface area contributed by atoms with Gasteiger partial charge in [-0.25, -0.2) is 4.68 Å². The number of hydrogen-bond donors (Lipinski definition) is 1. The van der Waals surface area contributed by atoms with Gasteiger partial charge in [-0.05, 0) is 19.3 Å². The van der Waals surface area contributed by atoms with Crippen LogP contribution in [-0.4, -0.2) is 20.1 Å². The summed E-state index contributed by atoms with van der Waals surface area (Å²) in [5.41, 5.74) is 0.868. The summed E-state index contributed by atoms with van der Waals surface area (Å²) in [6.07, 6.45) is 3.15. The highest BCUT2D eigenvalue weighted by Crippen LogP contribution is 2.36. The number of aromatic nitrogens is 3. The second-order valence-electron chi connectivity index (χ2n) is 2.89. The maximum atomic E-state index is 9.21. The molecule has 0 saturated heterocycles. The van der Waals surface area contributed by atoms with Gasteiger partial charge >= 0.3 is 0 Å². The lowest BCUT2D eigenvalue weighted by Gasteiger charge is -1.99. The van der Waals surface area contributed by atoms with Crippen molar-refractivity contribution in [1.29, 1.82) is 0 Å². The highest BCUT2D eigenvalue weighted by Gasteiger charge is 2.27. The second-order valence-corrected chi connectivity index (χ2v) is 2.89. The van der Waals surface area contributed by atoms with Crippen molar-refractivity contribution in [2.75, 3.05) is 0 Å². The summed E-state index contributed by atoms with van der Waals surface area (Å²) in [6, 6.07) is 0.512. The van der Waals surface area contributed by atoms with Crippen LogP contribution in [0.15, 0.2) is 0 Å². The standard InChI is InChI=1S/C7H11N3O/c1-2-6-7(11)8-9-10(6)5-3-4-5/h5,11H,2-4H2,1H3. The number of rotatable bonds is 2. The fraction of sp³-hybridized carbons (Fsp3) is 0.714. The van der Waals surface area contributed by atoms with E-state index in [0.717, 1.165) is 12.1 Å². The molecule has 0 aromatic carbocycles. The first-order valence-corrected chi connectivity index (χ1v) is 3.96. The molecule has 4 heteroatoms. The van der Waals surface area contributed by atoms with E-state index in [4.69, 9.17) is 0 Å². The van der Waals surface area contributed by atoms with Crippen molar-refractivity contribution in [1.82, 2.24) is 15.0 Å². The predicted molar refractivity (Wildman–Crippen MR) is 39.3 cm³/mol. The Morgan fingerprint density at radius 3 is 2.91 bits per heavy atom. The van der Waals surface area contributed by atoms with Gasteiger partial charge in [0.2, 0.25) is 0 Å². The molecule has 1 saturated carbocycles. The molecule has 0 amide bonds. The summed E-state index contributed by atoms with van der Waals surface area (Å²) < 4.78 is 1.84. The van der Waals surface area contributed by atoms with E-state index in [9.17, 15) is 5.11 Å². The molecule has 1 fully saturated rings. The molecule has 11 heavy (non-hydrogen) atoms. The molecule has 1 aliphatic carbocycles. The average Bonchev–Trinajstić information content (AvgIpc) is 2.76. The molecule has 1 N–H and O–H groups in total. The minimum atomic E-state index is 0.0967. The quantitative estimate of drug-likeness (QED) is 0.686. The Labute approximate surface area is 64.8 Å². The first-order valence-electron chi connectivity index (χ1n) is 3.96. The topological polar surface area (TPSA) is 50.9 Å². The first kappa shape index (κ1) is 6.64. The van der Waals surface area contributed by atoms with Crippen LogP contribution >= 0.6 is 0 Å². The van der Waals surface area contributed by atoms with Gasteiger partial charge in [-0.1, -0.05) is 17.2 Å². The third-order valence-electron chi connectivity index (χ3n) is 2.00. The monoisotopic (exact) mass is 153 g/mol. The molecule has 0 unspecified atom stereocenters. The Morgan fingerprint density at radius 2 is 2.36 bits per heavy atom. The van der Waals surface area contributed by atoms with E-state index in [1.807, 2.05) is 11.6 Å². The van der Waals surface area contributed by atoms with E-state index in [-0.39, 0.29) is 5.88 Å². The van der Waals surface area contributed by atoms with Crippen LogP contribution in [0.2, 0.25) is 0 Å². The van der Waals surface area contributed by atoms with E-state index >= 15 is 0 Å². The van der Waals surface area contributed by atoms with Crippen LogP contribution in [0.3, 0.4) is 0 Å². The minimum absolute atomic E-state index is 0.0967. The van der Waals surface area contributed by atoms with Gasteiger partial charge in [0.1, 0.15) is 5.69 Å². The zero-order valence-corrected chi connectivity index (χ0v) is 6.49. The van der Waals surface area contributed by atoms with E-state index in [1.165, 1.54) is 12.8 Å². The smallest absolute Gasteiger partial charge is 0.254 e. The molecule has 4 nitrogen and oxygen atoms in total. The lowest BCUT2D eigenvalue weighted by atomic mass is 10.3. The van der Waals surface area contributed by atoms with Crippen LogP contribution in [0, 0.1) is 0 Å². The van der Waals surface area contributed by atoms with Crippen molar-refractivity contribution in [3.63, 3.8) is 0 Å². The zero-order valence-electron chi connectivity index (χ0n) is 6.49. The summed E-state index contributed by atoms with van der Waals surface area (Å²) in [6.45, 7) is 2.00. The van der Waals surface area contributed by atoms with Crippen LogP contribution in [-0.2, 0) is 6.42 Å². The van der Waals surface area contributed by atoms with Crippen LogP contribution in [0.1, 0.15) is 31.5 Å². The van der Waals surface area contributed by atoms with E-state index < -0.39 is 0 Å². The zero-order chi connectivity index (χ0) is 7.84. The molecule has 1 aliphatic rings. The van der Waals surface area contributed by atoms with Gasteiger partial charge < -0.3 is 5.11 Å². The Kier molecular flexibility index (Phi) is 1.34. The lowest BCUT2D eigenvalue weighted by Crippen LogP contribution is -2.01. The molecule has 1 aromatic heterocycles. The first-order chi connectivity index (χ1) is 5.33. The van der Waals surface area contributed by atoms with Gasteiger partial charge in [0.25, 0.3) is 5.88 Å². The fourth-order valence-electron chi connectivity index (χ4n) is 1.24. The van der Waals surface area contributed by atoms with Gasteiger partial charge in [0.15, 0.2) is 0 Å². The van der Waals surface area contributed by atoms with Crippen molar-refractivity contribution in [2.24, 2.45) is 0 Å². The van der Waals surface area contributed by atoms with Gasteiger partial charge in [-0.3, -0.25) is 0 Å². The number of nitrogens with zero attached hydrogens (tertiary/aromatic N) is 3. The molecule has 0 bridgehead atoms. The minimum Gasteiger partial charge on any atom is -0.491 e. The summed E-state index contributed by atoms with van der Waals surface area (Å²) in [4.78, 5) is 0. The second kappa shape index (κ2) is 2.22. The molecular weight excluding hydrogens is 142 g/mol. The van der Waals surface area contributed by atoms with Crippen molar-refractivity contribution in [3.05, 3.63) is 5.69 Å². The predicted octanol–water partition coefficient (Wildman–Crippen LogP) is 0.881. The fourth-order valence-corrected chi connectivity index (χ4v) is 1.24. The van der Waals surface area contributed by atoms with Crippen molar-refractivity contribution >= 4 is 0 Å². The molecule has 1 heterocycles. The highest BCUT2D eigenvalue weighted by molar-refractivity contribution is 5.16. The van der Waals surface area contributed by atoms with Gasteiger partial charge in [-0.15, -0.1) is 0 Å². The van der Waals surface area contributed by atoms with Crippen molar-refractivity contribution in [2.45, 2.75) is 32.2 Å². The largest absolute Gasteiger partial charge is 0.491 e. The van der Waals surface area contributed by atoms with Gasteiger partial charge in [-0.2, -0.15) is 0 Å². The van der Waals surface area contributed by atoms with Gasteiger partial charge in [0, 0.05) is 0 Å². The normalized spacial score (nSPS) is 17.2. The molecule has 2 rings (SSSR count). The summed E-state index contributed by atoms with van der Waals surface area (Å²) >= 11 is 0. The Balaban J connectivity index is 2.36.